The molecule has 0 aromatic heterocycles. The van der Waals surface area contributed by atoms with E-state index in [1.54, 1.807) is 0 Å². The predicted molar refractivity (Wildman–Crippen MR) is 145 cm³/mol. The van der Waals surface area contributed by atoms with Gasteiger partial charge in [0.05, 0.1) is 0 Å². The molecule has 0 aliphatic heterocycles. The first kappa shape index (κ1) is 82.6. The van der Waals surface area contributed by atoms with Crippen molar-refractivity contribution in [1.29, 1.82) is 0 Å². The molecule has 0 fully saturated rings. The van der Waals surface area contributed by atoms with E-state index in [1.807, 2.05) is 83.3 Å². The lowest BCUT2D eigenvalue weighted by Crippen LogP contribution is -2.00. The minimum absolute atomic E-state index is 0. The Morgan fingerprint density at radius 1 is 0.640 bits per heavy atom. The van der Waals surface area contributed by atoms with Crippen LogP contribution in [0.4, 0.5) is 0 Å². The Kier molecular flexibility index (Phi) is 1280. The van der Waals surface area contributed by atoms with Gasteiger partial charge in [0.25, 0.3) is 0 Å². The second-order valence-electron chi connectivity index (χ2n) is 1.21. The Morgan fingerprint density at radius 2 is 0.640 bits per heavy atom. The molecule has 0 aromatic rings. The van der Waals surface area contributed by atoms with Crippen molar-refractivity contribution < 1.29 is 10.0 Å². The minimum atomic E-state index is -1.17. The van der Waals surface area contributed by atoms with E-state index in [-0.39, 0.29) is 24.8 Å². The van der Waals surface area contributed by atoms with Gasteiger partial charge >= 0.3 is 7.12 Å². The van der Waals surface area contributed by atoms with Crippen LogP contribution in [0.3, 0.4) is 0 Å². The van der Waals surface area contributed by atoms with Gasteiger partial charge in [0.2, 0.25) is 0 Å². The van der Waals surface area contributed by atoms with Gasteiger partial charge in [0.15, 0.2) is 0 Å². The van der Waals surface area contributed by atoms with Crippen molar-refractivity contribution in [3.05, 3.63) is 0 Å². The van der Waals surface area contributed by atoms with Gasteiger partial charge in [0.1, 0.15) is 0 Å². The van der Waals surface area contributed by atoms with E-state index in [0.29, 0.717) is 0 Å². The van der Waals surface area contributed by atoms with Gasteiger partial charge in [-0.05, 0) is 28.0 Å². The van der Waals surface area contributed by atoms with E-state index in [0.717, 1.165) is 0 Å². The number of hydrogen-bond acceptors (Lipinski definition) is 5. The van der Waals surface area contributed by atoms with Crippen LogP contribution in [-0.4, -0.2) is 38.3 Å². The lowest BCUT2D eigenvalue weighted by molar-refractivity contribution is 0.417. The molecule has 5 nitrogen and oxygen atoms in total. The second-order valence-corrected chi connectivity index (χ2v) is 2.36. The third kappa shape index (κ3) is 10100. The molecule has 0 saturated carbocycles. The van der Waals surface area contributed by atoms with Crippen molar-refractivity contribution in [2.24, 2.45) is 5.73 Å². The summed E-state index contributed by atoms with van der Waals surface area (Å²) in [5.74, 6) is 0. The van der Waals surface area contributed by atoms with Crippen LogP contribution in [0.5, 0.6) is 0 Å². The first-order valence-corrected chi connectivity index (χ1v) is 9.40. The summed E-state index contributed by atoms with van der Waals surface area (Å²) in [6, 6.07) is 0. The average Bonchev–Trinajstić information content (AvgIpc) is 2.59. The van der Waals surface area contributed by atoms with E-state index in [4.69, 9.17) is 10.0 Å². The lowest BCUT2D eigenvalue weighted by Gasteiger charge is -1.71. The van der Waals surface area contributed by atoms with Gasteiger partial charge in [-0.15, -0.1) is 0 Å². The van der Waals surface area contributed by atoms with Crippen molar-refractivity contribution in [2.75, 3.05) is 21.1 Å². The van der Waals surface area contributed by atoms with Crippen molar-refractivity contribution in [1.82, 2.24) is 10.2 Å². The quantitative estimate of drug-likeness (QED) is 0.270. The van der Waals surface area contributed by atoms with Crippen LogP contribution >= 0.6 is 28.7 Å². The van der Waals surface area contributed by atoms with Gasteiger partial charge in [0, 0.05) is 0 Å². The molecule has 0 saturated heterocycles. The first-order valence-electron chi connectivity index (χ1n) is 8.25. The molecule has 172 valence electrons. The molecule has 0 aliphatic rings. The second kappa shape index (κ2) is 387. The molecule has 6 N–H and O–H groups in total. The summed E-state index contributed by atoms with van der Waals surface area (Å²) in [7, 11) is 8.67. The van der Waals surface area contributed by atoms with Crippen molar-refractivity contribution in [3.63, 3.8) is 0 Å². The van der Waals surface area contributed by atoms with E-state index < -0.39 is 7.12 Å². The molecule has 0 aromatic carbocycles. The Balaban J connectivity index is -0.00000000761. The standard InChI is InChI=1S/5C2H6.CH5BO2.2CH6NP.CH5N.2CH4.H3P/c5*1-2;1-2(3)4;2*1-2-3;1-2;;;/h5*1-2H3;3-4H,1H3;2*2H,3H2,1H3;2H2,1H3;2*1H4;1H3. The van der Waals surface area contributed by atoms with Gasteiger partial charge in [-0.2, -0.15) is 9.90 Å². The summed E-state index contributed by atoms with van der Waals surface area (Å²) in [5.41, 5.74) is 4.50. The summed E-state index contributed by atoms with van der Waals surface area (Å²) in [6.07, 6.45) is 0. The number of hydrogen-bond donors (Lipinski definition) is 5. The van der Waals surface area contributed by atoms with Gasteiger partial charge in [-0.1, -0.05) is 103 Å². The maximum absolute atomic E-state index is 7.61. The Labute approximate surface area is 174 Å². The summed E-state index contributed by atoms with van der Waals surface area (Å²) in [6.45, 7) is 21.3. The minimum Gasteiger partial charge on any atom is -0.427 e. The number of nitrogens with one attached hydrogen (secondary N) is 2. The van der Waals surface area contributed by atoms with Crippen LogP contribution in [0.2, 0.25) is 6.82 Å². The molecular formula is C16H63BN3O2P3. The smallest absolute Gasteiger partial charge is 0.427 e. The topological polar surface area (TPSA) is 90.5 Å². The zero-order valence-electron chi connectivity index (χ0n) is 18.9. The maximum atomic E-state index is 7.61. The third-order valence-corrected chi connectivity index (χ3v) is 0. The average molecular weight is 433 g/mol. The van der Waals surface area contributed by atoms with E-state index in [9.17, 15) is 0 Å². The van der Waals surface area contributed by atoms with Crippen LogP contribution in [0, 0.1) is 0 Å². The van der Waals surface area contributed by atoms with Crippen LogP contribution in [0.1, 0.15) is 84.1 Å². The monoisotopic (exact) mass is 433 g/mol. The highest BCUT2D eigenvalue weighted by Crippen LogP contribution is 1.51. The van der Waals surface area contributed by atoms with Crippen molar-refractivity contribution >= 4 is 35.8 Å². The molecule has 0 spiro atoms. The zero-order chi connectivity index (χ0) is 21.0. The van der Waals surface area contributed by atoms with Crippen LogP contribution in [0.25, 0.3) is 0 Å². The highest BCUT2D eigenvalue weighted by atomic mass is 31.0. The summed E-state index contributed by atoms with van der Waals surface area (Å²) < 4.78 is 0. The summed E-state index contributed by atoms with van der Waals surface area (Å²) in [5, 5.41) is 20.6. The van der Waals surface area contributed by atoms with Crippen LogP contribution < -0.4 is 15.9 Å². The molecular weight excluding hydrogens is 370 g/mol. The maximum Gasteiger partial charge on any atom is 0.448 e. The fourth-order valence-corrected chi connectivity index (χ4v) is 0. The lowest BCUT2D eigenvalue weighted by atomic mass is 9.99. The Morgan fingerprint density at radius 3 is 0.640 bits per heavy atom. The predicted octanol–water partition coefficient (Wildman–Crippen LogP) is 5.12. The first-order chi connectivity index (χ1) is 10.6. The van der Waals surface area contributed by atoms with Gasteiger partial charge < -0.3 is 26.0 Å². The van der Waals surface area contributed by atoms with Crippen LogP contribution in [0.15, 0.2) is 0 Å². The summed E-state index contributed by atoms with van der Waals surface area (Å²) >= 11 is 0. The molecule has 0 amide bonds. The molecule has 0 bridgehead atoms. The molecule has 3 unspecified atom stereocenters. The molecule has 25 heavy (non-hydrogen) atoms. The molecule has 0 radical (unpaired) electrons. The van der Waals surface area contributed by atoms with E-state index in [1.165, 1.54) is 13.9 Å². The van der Waals surface area contributed by atoms with E-state index >= 15 is 0 Å². The molecule has 0 heterocycles. The van der Waals surface area contributed by atoms with Gasteiger partial charge in [-0.3, -0.25) is 0 Å². The fraction of sp³-hybridized carbons (Fsp3) is 1.00. The van der Waals surface area contributed by atoms with Crippen LogP contribution in [-0.2, 0) is 0 Å². The summed E-state index contributed by atoms with van der Waals surface area (Å²) in [4.78, 5) is 0. The highest BCUT2D eigenvalue weighted by molar-refractivity contribution is 7.13. The van der Waals surface area contributed by atoms with Crippen molar-refractivity contribution in [2.45, 2.75) is 90.9 Å². The molecule has 0 rings (SSSR count). The zero-order valence-corrected chi connectivity index (χ0v) is 22.6. The molecule has 3 atom stereocenters. The highest BCUT2D eigenvalue weighted by Gasteiger charge is 1.86. The number of nitrogens with two attached hydrogens (primary N) is 1. The fourth-order valence-electron chi connectivity index (χ4n) is 0. The normalized spacial score (nSPS) is 3.96. The molecule has 0 aliphatic carbocycles. The Hall–Kier alpha value is 1.15. The van der Waals surface area contributed by atoms with Crippen molar-refractivity contribution in [3.8, 4) is 0 Å². The Bertz CT molecular complexity index is 57.1. The van der Waals surface area contributed by atoms with E-state index in [2.05, 4.69) is 34.7 Å². The number of rotatable bonds is 0. The third-order valence-electron chi connectivity index (χ3n) is 0. The largest absolute Gasteiger partial charge is 0.448 e. The van der Waals surface area contributed by atoms with Gasteiger partial charge in [-0.25, -0.2) is 0 Å². The molecule has 9 heteroatoms. The SMILES string of the molecule is C.C.CB(O)O.CC.CC.CC.CC.CC.CN.CNP.CNP.P.